The monoisotopic (exact) mass is 469 g/mol. The summed E-state index contributed by atoms with van der Waals surface area (Å²) in [5.41, 5.74) is 3.72. The summed E-state index contributed by atoms with van der Waals surface area (Å²) < 4.78 is 13.6. The molecular formula is C29H31N3O3. The van der Waals surface area contributed by atoms with Crippen LogP contribution in [0.4, 0.5) is 0 Å². The van der Waals surface area contributed by atoms with Crippen LogP contribution in [0.25, 0.3) is 11.0 Å². The molecular weight excluding hydrogens is 438 g/mol. The van der Waals surface area contributed by atoms with Crippen LogP contribution in [-0.4, -0.2) is 35.7 Å². The number of nitrogens with zero attached hydrogens (tertiary/aromatic N) is 2. The van der Waals surface area contributed by atoms with Gasteiger partial charge in [-0.1, -0.05) is 48.5 Å². The van der Waals surface area contributed by atoms with Crippen molar-refractivity contribution in [2.75, 3.05) is 20.3 Å². The van der Waals surface area contributed by atoms with E-state index >= 15 is 0 Å². The first-order valence-corrected chi connectivity index (χ1v) is 11.9. The molecule has 4 aromatic rings. The zero-order valence-electron chi connectivity index (χ0n) is 20.1. The van der Waals surface area contributed by atoms with Crippen LogP contribution < -0.4 is 14.8 Å². The summed E-state index contributed by atoms with van der Waals surface area (Å²) >= 11 is 0. The Hall–Kier alpha value is -4.06. The van der Waals surface area contributed by atoms with Crippen molar-refractivity contribution in [1.82, 2.24) is 14.9 Å². The van der Waals surface area contributed by atoms with Crippen molar-refractivity contribution in [3.05, 3.63) is 102 Å². The Balaban J connectivity index is 1.38. The number of benzene rings is 3. The van der Waals surface area contributed by atoms with Crippen molar-refractivity contribution in [2.45, 2.75) is 25.8 Å². The first-order valence-electron chi connectivity index (χ1n) is 11.9. The number of amides is 1. The molecule has 180 valence electrons. The van der Waals surface area contributed by atoms with Gasteiger partial charge in [-0.15, -0.1) is 6.58 Å². The van der Waals surface area contributed by atoms with Crippen molar-refractivity contribution in [2.24, 2.45) is 0 Å². The molecule has 1 N–H and O–H groups in total. The predicted octanol–water partition coefficient (Wildman–Crippen LogP) is 5.22. The van der Waals surface area contributed by atoms with Gasteiger partial charge in [-0.25, -0.2) is 4.98 Å². The van der Waals surface area contributed by atoms with Crippen LogP contribution in [0, 0.1) is 0 Å². The molecule has 0 aliphatic carbocycles. The Morgan fingerprint density at radius 1 is 1.03 bits per heavy atom. The van der Waals surface area contributed by atoms with E-state index < -0.39 is 0 Å². The van der Waals surface area contributed by atoms with Gasteiger partial charge >= 0.3 is 0 Å². The molecule has 1 amide bonds. The molecule has 0 aliphatic heterocycles. The first-order chi connectivity index (χ1) is 17.2. The van der Waals surface area contributed by atoms with E-state index in [1.54, 1.807) is 19.2 Å². The van der Waals surface area contributed by atoms with E-state index in [1.165, 1.54) is 0 Å². The quantitative estimate of drug-likeness (QED) is 0.228. The number of methoxy groups -OCH3 is 1. The molecule has 0 saturated carbocycles. The highest BCUT2D eigenvalue weighted by Crippen LogP contribution is 2.21. The van der Waals surface area contributed by atoms with E-state index in [1.807, 2.05) is 54.6 Å². The van der Waals surface area contributed by atoms with Crippen molar-refractivity contribution < 1.29 is 14.3 Å². The number of hydrogen-bond donors (Lipinski definition) is 1. The standard InChI is InChI=1S/C29H31N3O3/c1-3-11-22-12-4-8-16-26(22)35-21-20-32-25-15-7-6-14-24(25)31-28(32)18-10-19-30-29(33)23-13-5-9-17-27(23)34-2/h3-9,12-17H,1,10-11,18-21H2,2H3,(H,30,33). The molecule has 4 rings (SSSR count). The van der Waals surface area contributed by atoms with E-state index in [0.717, 1.165) is 47.4 Å². The molecule has 0 radical (unpaired) electrons. The van der Waals surface area contributed by atoms with E-state index in [9.17, 15) is 4.79 Å². The molecule has 0 unspecified atom stereocenters. The van der Waals surface area contributed by atoms with E-state index in [-0.39, 0.29) is 5.91 Å². The minimum absolute atomic E-state index is 0.137. The average Bonchev–Trinajstić information content (AvgIpc) is 3.25. The summed E-state index contributed by atoms with van der Waals surface area (Å²) in [6.07, 6.45) is 4.17. The third kappa shape index (κ3) is 5.90. The highest BCUT2D eigenvalue weighted by atomic mass is 16.5. The fourth-order valence-corrected chi connectivity index (χ4v) is 4.16. The van der Waals surface area contributed by atoms with Crippen LogP contribution in [0.3, 0.4) is 0 Å². The maximum absolute atomic E-state index is 12.6. The van der Waals surface area contributed by atoms with Gasteiger partial charge < -0.3 is 19.4 Å². The second-order valence-corrected chi connectivity index (χ2v) is 8.18. The van der Waals surface area contributed by atoms with E-state index in [2.05, 4.69) is 28.6 Å². The third-order valence-corrected chi connectivity index (χ3v) is 5.86. The van der Waals surface area contributed by atoms with Gasteiger partial charge in [0.1, 0.15) is 23.9 Å². The lowest BCUT2D eigenvalue weighted by atomic mass is 10.1. The first kappa shape index (κ1) is 24.1. The minimum atomic E-state index is -0.137. The zero-order valence-corrected chi connectivity index (χ0v) is 20.1. The molecule has 0 spiro atoms. The van der Waals surface area contributed by atoms with Crippen molar-refractivity contribution >= 4 is 16.9 Å². The number of para-hydroxylation sites is 4. The van der Waals surface area contributed by atoms with E-state index in [0.29, 0.717) is 31.0 Å². The Morgan fingerprint density at radius 2 is 1.77 bits per heavy atom. The number of fused-ring (bicyclic) bond motifs is 1. The number of imidazole rings is 1. The fourth-order valence-electron chi connectivity index (χ4n) is 4.16. The molecule has 0 saturated heterocycles. The molecule has 1 heterocycles. The SMILES string of the molecule is C=CCc1ccccc1OCCn1c(CCCNC(=O)c2ccccc2OC)nc2ccccc21. The van der Waals surface area contributed by atoms with Gasteiger partial charge in [-0.2, -0.15) is 0 Å². The van der Waals surface area contributed by atoms with Crippen molar-refractivity contribution in [1.29, 1.82) is 0 Å². The van der Waals surface area contributed by atoms with Crippen molar-refractivity contribution in [3.8, 4) is 11.5 Å². The fraction of sp³-hybridized carbons (Fsp3) is 0.241. The number of aromatic nitrogens is 2. The van der Waals surface area contributed by atoms with Gasteiger partial charge in [-0.05, 0) is 48.7 Å². The summed E-state index contributed by atoms with van der Waals surface area (Å²) in [6.45, 7) is 5.60. The number of nitrogens with one attached hydrogen (secondary N) is 1. The van der Waals surface area contributed by atoms with Gasteiger partial charge in [0.2, 0.25) is 0 Å². The summed E-state index contributed by atoms with van der Waals surface area (Å²) in [5.74, 6) is 2.31. The number of rotatable bonds is 12. The summed E-state index contributed by atoms with van der Waals surface area (Å²) in [4.78, 5) is 17.4. The number of carbonyl (C=O) groups is 1. The maximum atomic E-state index is 12.6. The number of carbonyl (C=O) groups excluding carboxylic acids is 1. The Bertz CT molecular complexity index is 1300. The lowest BCUT2D eigenvalue weighted by Gasteiger charge is -2.13. The van der Waals surface area contributed by atoms with Crippen LogP contribution in [0.15, 0.2) is 85.5 Å². The van der Waals surface area contributed by atoms with Gasteiger partial charge in [-0.3, -0.25) is 4.79 Å². The van der Waals surface area contributed by atoms with Crippen LogP contribution >= 0.6 is 0 Å². The van der Waals surface area contributed by atoms with Crippen LogP contribution in [0.2, 0.25) is 0 Å². The molecule has 0 atom stereocenters. The molecule has 1 aromatic heterocycles. The Labute approximate surface area is 206 Å². The summed E-state index contributed by atoms with van der Waals surface area (Å²) in [5, 5.41) is 2.99. The molecule has 6 nitrogen and oxygen atoms in total. The Morgan fingerprint density at radius 3 is 2.60 bits per heavy atom. The highest BCUT2D eigenvalue weighted by Gasteiger charge is 2.13. The normalized spacial score (nSPS) is 10.8. The smallest absolute Gasteiger partial charge is 0.255 e. The summed E-state index contributed by atoms with van der Waals surface area (Å²) in [7, 11) is 1.57. The lowest BCUT2D eigenvalue weighted by molar-refractivity contribution is 0.0950. The number of hydrogen-bond acceptors (Lipinski definition) is 4. The second-order valence-electron chi connectivity index (χ2n) is 8.18. The van der Waals surface area contributed by atoms with Gasteiger partial charge in [0, 0.05) is 13.0 Å². The van der Waals surface area contributed by atoms with Crippen LogP contribution in [0.5, 0.6) is 11.5 Å². The number of ether oxygens (including phenoxy) is 2. The lowest BCUT2D eigenvalue weighted by Crippen LogP contribution is -2.25. The van der Waals surface area contributed by atoms with Gasteiger partial charge in [0.15, 0.2) is 0 Å². The van der Waals surface area contributed by atoms with E-state index in [4.69, 9.17) is 14.5 Å². The third-order valence-electron chi connectivity index (χ3n) is 5.86. The molecule has 6 heteroatoms. The number of allylic oxidation sites excluding steroid dienone is 1. The van der Waals surface area contributed by atoms with Crippen molar-refractivity contribution in [3.63, 3.8) is 0 Å². The largest absolute Gasteiger partial charge is 0.496 e. The second kappa shape index (κ2) is 11.9. The van der Waals surface area contributed by atoms with Gasteiger partial charge in [0.25, 0.3) is 5.91 Å². The molecule has 0 aliphatic rings. The minimum Gasteiger partial charge on any atom is -0.496 e. The number of aryl methyl sites for hydroxylation is 1. The molecule has 0 bridgehead atoms. The predicted molar refractivity (Wildman–Crippen MR) is 139 cm³/mol. The topological polar surface area (TPSA) is 65.4 Å². The van der Waals surface area contributed by atoms with Gasteiger partial charge in [0.05, 0.1) is 30.3 Å². The molecule has 3 aromatic carbocycles. The highest BCUT2D eigenvalue weighted by molar-refractivity contribution is 5.96. The maximum Gasteiger partial charge on any atom is 0.255 e. The van der Waals surface area contributed by atoms with Crippen LogP contribution in [0.1, 0.15) is 28.2 Å². The summed E-state index contributed by atoms with van der Waals surface area (Å²) in [6, 6.07) is 23.4. The Kier molecular flexibility index (Phi) is 8.17. The molecule has 35 heavy (non-hydrogen) atoms. The average molecular weight is 470 g/mol. The molecule has 0 fully saturated rings. The zero-order chi connectivity index (χ0) is 24.5. The van der Waals surface area contributed by atoms with Crippen LogP contribution in [-0.2, 0) is 19.4 Å².